The molecule has 0 saturated carbocycles. The number of piperazine rings is 1. The number of hydrogen-bond donors (Lipinski definition) is 1. The minimum absolute atomic E-state index is 0.0569. The number of halogens is 3. The summed E-state index contributed by atoms with van der Waals surface area (Å²) in [7, 11) is 7.36. The molecule has 2 atom stereocenters. The molecule has 4 rings (SSSR count). The molecule has 260 valence electrons. The highest BCUT2D eigenvalue weighted by Gasteiger charge is 2.41. The van der Waals surface area contributed by atoms with E-state index in [1.54, 1.807) is 43.7 Å². The molecular formula is C30H39F3N4O3S7. The minimum Gasteiger partial charge on any atom is -0.406 e. The molecule has 2 saturated heterocycles. The second-order valence-electron chi connectivity index (χ2n) is 12.2. The lowest BCUT2D eigenvalue weighted by molar-refractivity contribution is -0.274. The SMILES string of the molecule is CC(C)(C)[C@H]1CN(C(c2ccccc2)c2ccc(OC(F)(F)F)cc2)CCN1C(=O)CC1CCN(C(N)=O)CC1.S=S=S=S=S=S=S. The van der Waals surface area contributed by atoms with E-state index in [9.17, 15) is 22.8 Å². The summed E-state index contributed by atoms with van der Waals surface area (Å²) >= 11 is 9.14. The quantitative estimate of drug-likeness (QED) is 0.424. The molecule has 2 aliphatic rings. The Morgan fingerprint density at radius 2 is 1.47 bits per heavy atom. The largest absolute Gasteiger partial charge is 0.573 e. The Kier molecular flexibility index (Phi) is 15.9. The smallest absolute Gasteiger partial charge is 0.406 e. The number of nitrogens with zero attached hydrogens (tertiary/aromatic N) is 3. The van der Waals surface area contributed by atoms with Crippen LogP contribution in [0.5, 0.6) is 5.75 Å². The summed E-state index contributed by atoms with van der Waals surface area (Å²) in [4.78, 5) is 31.0. The molecule has 2 fully saturated rings. The van der Waals surface area contributed by atoms with Crippen LogP contribution in [-0.4, -0.2) is 71.8 Å². The van der Waals surface area contributed by atoms with E-state index in [2.05, 4.69) is 52.8 Å². The van der Waals surface area contributed by atoms with Crippen molar-refractivity contribution in [3.8, 4) is 5.75 Å². The zero-order chi connectivity index (χ0) is 34.6. The minimum atomic E-state index is -4.75. The van der Waals surface area contributed by atoms with E-state index in [1.807, 2.05) is 35.2 Å². The Bertz CT molecular complexity index is 1530. The van der Waals surface area contributed by atoms with Crippen molar-refractivity contribution in [3.63, 3.8) is 0 Å². The summed E-state index contributed by atoms with van der Waals surface area (Å²) in [5, 5.41) is 0. The number of hydrogen-bond acceptors (Lipinski definition) is 6. The zero-order valence-corrected chi connectivity index (χ0v) is 31.9. The van der Waals surface area contributed by atoms with Gasteiger partial charge in [-0.15, -0.1) is 13.2 Å². The first-order valence-electron chi connectivity index (χ1n) is 14.8. The molecule has 7 nitrogen and oxygen atoms in total. The molecule has 2 heterocycles. The number of carbonyl (C=O) groups is 2. The van der Waals surface area contributed by atoms with Gasteiger partial charge in [0.25, 0.3) is 0 Å². The fraction of sp³-hybridized carbons (Fsp3) is 0.533. The topological polar surface area (TPSA) is 79.1 Å². The van der Waals surface area contributed by atoms with Crippen LogP contribution in [0, 0.1) is 11.3 Å². The third-order valence-electron chi connectivity index (χ3n) is 8.14. The number of piperidine rings is 1. The second kappa shape index (κ2) is 18.9. The van der Waals surface area contributed by atoms with Gasteiger partial charge in [0, 0.05) is 112 Å². The summed E-state index contributed by atoms with van der Waals surface area (Å²) < 4.78 is 42.3. The molecule has 2 aromatic rings. The van der Waals surface area contributed by atoms with E-state index in [-0.39, 0.29) is 35.1 Å². The van der Waals surface area contributed by atoms with E-state index >= 15 is 0 Å². The number of carbonyl (C=O) groups excluding carboxylic acids is 2. The van der Waals surface area contributed by atoms with Gasteiger partial charge in [0.15, 0.2) is 0 Å². The van der Waals surface area contributed by atoms with E-state index < -0.39 is 12.4 Å². The highest BCUT2D eigenvalue weighted by Crippen LogP contribution is 2.36. The van der Waals surface area contributed by atoms with E-state index in [0.29, 0.717) is 39.1 Å². The van der Waals surface area contributed by atoms with Gasteiger partial charge in [-0.3, -0.25) is 9.69 Å². The van der Waals surface area contributed by atoms with Gasteiger partial charge in [0.05, 0.1) is 6.04 Å². The molecular weight excluding hydrogens is 746 g/mol. The molecule has 2 aliphatic heterocycles. The zero-order valence-electron chi connectivity index (χ0n) is 26.2. The van der Waals surface area contributed by atoms with Crippen LogP contribution in [-0.2, 0) is 71.6 Å². The number of primary amides is 1. The highest BCUT2D eigenvalue weighted by atomic mass is 33.4. The van der Waals surface area contributed by atoms with Crippen molar-refractivity contribution in [1.29, 1.82) is 0 Å². The van der Waals surface area contributed by atoms with Crippen molar-refractivity contribution < 1.29 is 27.5 Å². The monoisotopic (exact) mass is 784 g/mol. The van der Waals surface area contributed by atoms with Gasteiger partial charge < -0.3 is 20.3 Å². The van der Waals surface area contributed by atoms with Crippen molar-refractivity contribution >= 4 is 78.7 Å². The van der Waals surface area contributed by atoms with Crippen molar-refractivity contribution in [2.24, 2.45) is 17.1 Å². The summed E-state index contributed by atoms with van der Waals surface area (Å²) in [6, 6.07) is 15.3. The number of benzene rings is 2. The van der Waals surface area contributed by atoms with Gasteiger partial charge in [0.2, 0.25) is 5.91 Å². The lowest BCUT2D eigenvalue weighted by atomic mass is 9.82. The summed E-state index contributed by atoms with van der Waals surface area (Å²) in [5.74, 6) is 0.0889. The normalized spacial score (nSPS) is 18.2. The van der Waals surface area contributed by atoms with Crippen molar-refractivity contribution in [1.82, 2.24) is 14.7 Å². The van der Waals surface area contributed by atoms with Crippen LogP contribution in [0.4, 0.5) is 18.0 Å². The van der Waals surface area contributed by atoms with Crippen molar-refractivity contribution in [2.75, 3.05) is 32.7 Å². The van der Waals surface area contributed by atoms with Crippen LogP contribution >= 0.6 is 0 Å². The van der Waals surface area contributed by atoms with Crippen LogP contribution in [0.2, 0.25) is 0 Å². The molecule has 47 heavy (non-hydrogen) atoms. The van der Waals surface area contributed by atoms with Gasteiger partial charge in [-0.05, 0) is 47.4 Å². The number of ether oxygens (including phenoxy) is 1. The predicted octanol–water partition coefficient (Wildman–Crippen LogP) is 5.40. The molecule has 0 aromatic heterocycles. The maximum atomic E-state index is 13.6. The predicted molar refractivity (Wildman–Crippen MR) is 198 cm³/mol. The highest BCUT2D eigenvalue weighted by molar-refractivity contribution is 8.68. The van der Waals surface area contributed by atoms with Gasteiger partial charge in [-0.1, -0.05) is 63.2 Å². The van der Waals surface area contributed by atoms with Crippen LogP contribution < -0.4 is 10.5 Å². The molecule has 0 bridgehead atoms. The Morgan fingerprint density at radius 1 is 0.894 bits per heavy atom. The first-order valence-corrected chi connectivity index (χ1v) is 22.8. The maximum absolute atomic E-state index is 13.6. The number of likely N-dealkylation sites (tertiary alicyclic amines) is 1. The number of amides is 3. The lowest BCUT2D eigenvalue weighted by Crippen LogP contribution is -2.60. The molecule has 2 aromatic carbocycles. The lowest BCUT2D eigenvalue weighted by Gasteiger charge is -2.50. The van der Waals surface area contributed by atoms with Crippen LogP contribution in [0.15, 0.2) is 54.6 Å². The average molecular weight is 785 g/mol. The molecule has 1 unspecified atom stereocenters. The fourth-order valence-electron chi connectivity index (χ4n) is 5.94. The second-order valence-corrected chi connectivity index (χ2v) is 21.1. The number of alkyl halides is 3. The van der Waals surface area contributed by atoms with Gasteiger partial charge >= 0.3 is 12.4 Å². The van der Waals surface area contributed by atoms with Crippen molar-refractivity contribution in [3.05, 3.63) is 65.7 Å². The van der Waals surface area contributed by atoms with Crippen LogP contribution in [0.3, 0.4) is 0 Å². The number of urea groups is 1. The number of nitrogens with two attached hydrogens (primary N) is 1. The van der Waals surface area contributed by atoms with E-state index in [4.69, 9.17) is 5.73 Å². The number of rotatable bonds is 6. The maximum Gasteiger partial charge on any atom is 0.573 e. The molecule has 17 heteroatoms. The average Bonchev–Trinajstić information content (AvgIpc) is 3.02. The Hall–Kier alpha value is -1.73. The Balaban J connectivity index is 0.000000771. The van der Waals surface area contributed by atoms with Gasteiger partial charge in [-0.2, -0.15) is 0 Å². The third kappa shape index (κ3) is 12.9. The molecule has 0 spiro atoms. The third-order valence-corrected chi connectivity index (χ3v) is 17.0. The van der Waals surface area contributed by atoms with Gasteiger partial charge in [0.1, 0.15) is 5.75 Å². The summed E-state index contributed by atoms with van der Waals surface area (Å²) in [6.07, 6.45) is -2.78. The first-order chi connectivity index (χ1) is 22.2. The van der Waals surface area contributed by atoms with Crippen molar-refractivity contribution in [2.45, 2.75) is 58.5 Å². The van der Waals surface area contributed by atoms with E-state index in [1.165, 1.54) is 29.9 Å². The standard InChI is InChI=1S/C30H39F3N4O3.S7/c1-29(2,3)25-20-36(17-18-37(25)26(38)19-21-13-15-35(16-14-21)28(34)39)27(22-7-5-4-6-8-22)23-9-11-24(12-10-23)40-30(31,32)33;1-3-5-7-6-4-2/h4-12,21,25,27H,13-20H2,1-3H3,(H2,34,39);/t25-,27?;/m1./s1. The van der Waals surface area contributed by atoms with Crippen LogP contribution in [0.1, 0.15) is 57.2 Å². The van der Waals surface area contributed by atoms with E-state index in [0.717, 1.165) is 24.0 Å². The molecule has 0 radical (unpaired) electrons. The van der Waals surface area contributed by atoms with Crippen LogP contribution in [0.25, 0.3) is 0 Å². The Morgan fingerprint density at radius 3 is 1.98 bits per heavy atom. The fourth-order valence-corrected chi connectivity index (χ4v) is 14.2. The molecule has 2 N–H and O–H groups in total. The first kappa shape index (κ1) is 39.7. The molecule has 0 aliphatic carbocycles. The van der Waals surface area contributed by atoms with Gasteiger partial charge in [-0.25, -0.2) is 4.79 Å². The molecule has 3 amide bonds. The summed E-state index contributed by atoms with van der Waals surface area (Å²) in [5.41, 5.74) is 7.09. The summed E-state index contributed by atoms with van der Waals surface area (Å²) in [6.45, 7) is 9.35. The Labute approximate surface area is 298 Å².